The number of hydrogen-bond acceptors (Lipinski definition) is 4. The molecule has 2 N–H and O–H groups in total. The van der Waals surface area contributed by atoms with Crippen molar-refractivity contribution in [2.45, 2.75) is 32.2 Å². The molecule has 1 fully saturated rings. The Balaban J connectivity index is 2.36. The largest absolute Gasteiger partial charge is 0.380 e. The van der Waals surface area contributed by atoms with Crippen molar-refractivity contribution in [2.75, 3.05) is 19.8 Å². The van der Waals surface area contributed by atoms with Crippen LogP contribution in [0.25, 0.3) is 0 Å². The maximum atomic E-state index is 11.5. The summed E-state index contributed by atoms with van der Waals surface area (Å²) in [5, 5.41) is 0. The van der Waals surface area contributed by atoms with E-state index in [4.69, 9.17) is 10.5 Å². The van der Waals surface area contributed by atoms with Gasteiger partial charge in [0, 0.05) is 13.0 Å². The zero-order valence-electron chi connectivity index (χ0n) is 9.07. The Morgan fingerprint density at radius 3 is 2.87 bits per heavy atom. The number of imide groups is 1. The Morgan fingerprint density at radius 1 is 1.47 bits per heavy atom. The van der Waals surface area contributed by atoms with Crippen LogP contribution in [0.4, 0.5) is 0 Å². The summed E-state index contributed by atoms with van der Waals surface area (Å²) in [5.74, 6) is -0.409. The van der Waals surface area contributed by atoms with E-state index >= 15 is 0 Å². The lowest BCUT2D eigenvalue weighted by Gasteiger charge is -2.28. The lowest BCUT2D eigenvalue weighted by Crippen LogP contribution is -2.52. The highest BCUT2D eigenvalue weighted by molar-refractivity contribution is 6.00. The standard InChI is InChI=1S/C10H18N2O3/c1-2-6-15-7-5-12-9(13)4-3-8(11)10(12)14/h8H,2-7,11H2,1H3. The number of carbonyl (C=O) groups is 2. The van der Waals surface area contributed by atoms with Gasteiger partial charge in [-0.3, -0.25) is 14.5 Å². The van der Waals surface area contributed by atoms with Gasteiger partial charge in [0.25, 0.3) is 0 Å². The molecule has 0 aromatic rings. The van der Waals surface area contributed by atoms with Crippen molar-refractivity contribution < 1.29 is 14.3 Å². The van der Waals surface area contributed by atoms with E-state index < -0.39 is 6.04 Å². The van der Waals surface area contributed by atoms with Gasteiger partial charge in [0.2, 0.25) is 11.8 Å². The molecule has 1 aliphatic rings. The van der Waals surface area contributed by atoms with Crippen LogP contribution in [0, 0.1) is 0 Å². The van der Waals surface area contributed by atoms with Gasteiger partial charge in [-0.2, -0.15) is 0 Å². The van der Waals surface area contributed by atoms with E-state index in [1.54, 1.807) is 0 Å². The number of carbonyl (C=O) groups excluding carboxylic acids is 2. The number of nitrogens with two attached hydrogens (primary N) is 1. The van der Waals surface area contributed by atoms with E-state index in [-0.39, 0.29) is 11.8 Å². The van der Waals surface area contributed by atoms with Gasteiger partial charge in [-0.15, -0.1) is 0 Å². The Bertz CT molecular complexity index is 243. The molecule has 5 heteroatoms. The summed E-state index contributed by atoms with van der Waals surface area (Å²) in [6.45, 7) is 3.39. The number of ether oxygens (including phenoxy) is 1. The van der Waals surface area contributed by atoms with Crippen molar-refractivity contribution in [3.8, 4) is 0 Å². The predicted molar refractivity (Wildman–Crippen MR) is 55.0 cm³/mol. The molecule has 15 heavy (non-hydrogen) atoms. The second-order valence-electron chi connectivity index (χ2n) is 3.64. The zero-order valence-corrected chi connectivity index (χ0v) is 9.07. The third-order valence-corrected chi connectivity index (χ3v) is 2.36. The molecular weight excluding hydrogens is 196 g/mol. The minimum atomic E-state index is -0.520. The summed E-state index contributed by atoms with van der Waals surface area (Å²) in [6, 6.07) is -0.520. The van der Waals surface area contributed by atoms with Gasteiger partial charge >= 0.3 is 0 Å². The van der Waals surface area contributed by atoms with E-state index in [9.17, 15) is 9.59 Å². The van der Waals surface area contributed by atoms with Crippen molar-refractivity contribution in [3.63, 3.8) is 0 Å². The Labute approximate surface area is 89.6 Å². The first kappa shape index (κ1) is 12.1. The highest BCUT2D eigenvalue weighted by atomic mass is 16.5. The maximum Gasteiger partial charge on any atom is 0.246 e. The average molecular weight is 214 g/mol. The molecule has 1 rings (SSSR count). The predicted octanol–water partition coefficient (Wildman–Crippen LogP) is -0.111. The zero-order chi connectivity index (χ0) is 11.3. The molecule has 0 saturated carbocycles. The van der Waals surface area contributed by atoms with E-state index in [2.05, 4.69) is 0 Å². The van der Waals surface area contributed by atoms with Gasteiger partial charge in [0.1, 0.15) is 0 Å². The second kappa shape index (κ2) is 5.82. The third-order valence-electron chi connectivity index (χ3n) is 2.36. The average Bonchev–Trinajstić information content (AvgIpc) is 2.23. The fourth-order valence-corrected chi connectivity index (χ4v) is 1.50. The van der Waals surface area contributed by atoms with Crippen molar-refractivity contribution in [3.05, 3.63) is 0 Å². The van der Waals surface area contributed by atoms with Crippen molar-refractivity contribution in [1.29, 1.82) is 0 Å². The lowest BCUT2D eigenvalue weighted by molar-refractivity contribution is -0.150. The molecule has 1 aliphatic heterocycles. The summed E-state index contributed by atoms with van der Waals surface area (Å²) in [7, 11) is 0. The minimum absolute atomic E-state index is 0.137. The van der Waals surface area contributed by atoms with Crippen molar-refractivity contribution in [1.82, 2.24) is 4.90 Å². The highest BCUT2D eigenvalue weighted by Crippen LogP contribution is 2.10. The molecule has 86 valence electrons. The lowest BCUT2D eigenvalue weighted by atomic mass is 10.1. The minimum Gasteiger partial charge on any atom is -0.380 e. The highest BCUT2D eigenvalue weighted by Gasteiger charge is 2.31. The summed E-state index contributed by atoms with van der Waals surface area (Å²) in [6.07, 6.45) is 1.76. The number of nitrogens with zero attached hydrogens (tertiary/aromatic N) is 1. The van der Waals surface area contributed by atoms with Crippen LogP contribution in [0.15, 0.2) is 0 Å². The van der Waals surface area contributed by atoms with Crippen LogP contribution in [0.2, 0.25) is 0 Å². The summed E-state index contributed by atoms with van der Waals surface area (Å²) >= 11 is 0. The molecule has 0 aromatic heterocycles. The molecule has 1 atom stereocenters. The summed E-state index contributed by atoms with van der Waals surface area (Å²) in [5.41, 5.74) is 5.58. The SMILES string of the molecule is CCCOCCN1C(=O)CCC(N)C1=O. The molecule has 1 saturated heterocycles. The van der Waals surface area contributed by atoms with E-state index in [1.807, 2.05) is 6.92 Å². The van der Waals surface area contributed by atoms with Crippen LogP contribution < -0.4 is 5.73 Å². The molecule has 0 bridgehead atoms. The fourth-order valence-electron chi connectivity index (χ4n) is 1.50. The van der Waals surface area contributed by atoms with Crippen LogP contribution in [-0.4, -0.2) is 42.5 Å². The van der Waals surface area contributed by atoms with Gasteiger partial charge in [0.15, 0.2) is 0 Å². The summed E-state index contributed by atoms with van der Waals surface area (Å²) < 4.78 is 5.23. The topological polar surface area (TPSA) is 72.6 Å². The van der Waals surface area contributed by atoms with Gasteiger partial charge < -0.3 is 10.5 Å². The molecule has 5 nitrogen and oxygen atoms in total. The van der Waals surface area contributed by atoms with Crippen LogP contribution in [0.1, 0.15) is 26.2 Å². The molecule has 1 heterocycles. The molecule has 0 aromatic carbocycles. The van der Waals surface area contributed by atoms with Crippen LogP contribution in [-0.2, 0) is 14.3 Å². The second-order valence-corrected chi connectivity index (χ2v) is 3.64. The molecule has 0 aliphatic carbocycles. The molecular formula is C10H18N2O3. The Hall–Kier alpha value is -0.940. The van der Waals surface area contributed by atoms with Gasteiger partial charge in [-0.05, 0) is 12.8 Å². The van der Waals surface area contributed by atoms with Crippen LogP contribution >= 0.6 is 0 Å². The number of rotatable bonds is 5. The van der Waals surface area contributed by atoms with E-state index in [1.165, 1.54) is 4.90 Å². The third kappa shape index (κ3) is 3.28. The number of amides is 2. The number of piperidine rings is 1. The molecule has 1 unspecified atom stereocenters. The summed E-state index contributed by atoms with van der Waals surface area (Å²) in [4.78, 5) is 24.1. The van der Waals surface area contributed by atoms with Crippen LogP contribution in [0.3, 0.4) is 0 Å². The normalized spacial score (nSPS) is 22.3. The fraction of sp³-hybridized carbons (Fsp3) is 0.800. The van der Waals surface area contributed by atoms with Gasteiger partial charge in [-0.1, -0.05) is 6.92 Å². The monoisotopic (exact) mass is 214 g/mol. The van der Waals surface area contributed by atoms with E-state index in [0.29, 0.717) is 32.6 Å². The number of hydrogen-bond donors (Lipinski definition) is 1. The smallest absolute Gasteiger partial charge is 0.246 e. The molecule has 0 radical (unpaired) electrons. The first-order valence-electron chi connectivity index (χ1n) is 5.34. The number of likely N-dealkylation sites (tertiary alicyclic amines) is 1. The van der Waals surface area contributed by atoms with Gasteiger partial charge in [0.05, 0.1) is 19.2 Å². The molecule has 0 spiro atoms. The quantitative estimate of drug-likeness (QED) is 0.512. The Kier molecular flexibility index (Phi) is 4.71. The maximum absolute atomic E-state index is 11.5. The van der Waals surface area contributed by atoms with Crippen molar-refractivity contribution in [2.24, 2.45) is 5.73 Å². The van der Waals surface area contributed by atoms with Crippen molar-refractivity contribution >= 4 is 11.8 Å². The Morgan fingerprint density at radius 2 is 2.20 bits per heavy atom. The molecule has 2 amide bonds. The van der Waals surface area contributed by atoms with Gasteiger partial charge in [-0.25, -0.2) is 0 Å². The first-order valence-corrected chi connectivity index (χ1v) is 5.34. The first-order chi connectivity index (χ1) is 7.16. The van der Waals surface area contributed by atoms with Crippen LogP contribution in [0.5, 0.6) is 0 Å². The van der Waals surface area contributed by atoms with E-state index in [0.717, 1.165) is 6.42 Å².